The number of hydrogen-bond donors (Lipinski definition) is 0. The van der Waals surface area contributed by atoms with Gasteiger partial charge in [-0.3, -0.25) is 4.79 Å². The molecule has 0 amide bonds. The van der Waals surface area contributed by atoms with Gasteiger partial charge in [-0.15, -0.1) is 11.3 Å². The maximum atomic E-state index is 13.2. The SMILES string of the molecule is Cc1ccc(C(=O)c2ccc(Cl)c(F)c2)s1. The van der Waals surface area contributed by atoms with Gasteiger partial charge in [-0.1, -0.05) is 11.6 Å². The molecule has 0 N–H and O–H groups in total. The standard InChI is InChI=1S/C12H8ClFOS/c1-7-2-5-11(16-7)12(15)8-3-4-9(13)10(14)6-8/h2-6H,1H3. The summed E-state index contributed by atoms with van der Waals surface area (Å²) in [5.41, 5.74) is 0.323. The lowest BCUT2D eigenvalue weighted by Crippen LogP contribution is -1.99. The molecule has 0 saturated heterocycles. The predicted molar refractivity (Wildman–Crippen MR) is 63.9 cm³/mol. The normalized spacial score (nSPS) is 10.4. The van der Waals surface area contributed by atoms with Crippen molar-refractivity contribution >= 4 is 28.7 Å². The first-order valence-electron chi connectivity index (χ1n) is 4.64. The second-order valence-corrected chi connectivity index (χ2v) is 5.06. The van der Waals surface area contributed by atoms with Crippen LogP contribution in [0.2, 0.25) is 5.02 Å². The molecule has 0 unspecified atom stereocenters. The summed E-state index contributed by atoms with van der Waals surface area (Å²) in [7, 11) is 0. The molecule has 0 aliphatic heterocycles. The van der Waals surface area contributed by atoms with E-state index in [-0.39, 0.29) is 10.8 Å². The topological polar surface area (TPSA) is 17.1 Å². The van der Waals surface area contributed by atoms with Crippen molar-refractivity contribution in [2.45, 2.75) is 6.92 Å². The van der Waals surface area contributed by atoms with Crippen molar-refractivity contribution in [2.75, 3.05) is 0 Å². The van der Waals surface area contributed by atoms with Gasteiger partial charge < -0.3 is 0 Å². The van der Waals surface area contributed by atoms with E-state index in [9.17, 15) is 9.18 Å². The van der Waals surface area contributed by atoms with Crippen LogP contribution in [0.1, 0.15) is 20.1 Å². The number of aryl methyl sites for hydroxylation is 1. The second kappa shape index (κ2) is 4.36. The highest BCUT2D eigenvalue weighted by atomic mass is 35.5. The minimum absolute atomic E-state index is 0.0268. The van der Waals surface area contributed by atoms with Crippen LogP contribution in [-0.2, 0) is 0 Å². The molecule has 0 fully saturated rings. The van der Waals surface area contributed by atoms with Crippen molar-refractivity contribution in [3.8, 4) is 0 Å². The molecule has 0 aliphatic rings. The van der Waals surface area contributed by atoms with Gasteiger partial charge in [0.2, 0.25) is 5.78 Å². The fourth-order valence-electron chi connectivity index (χ4n) is 1.34. The molecule has 0 aliphatic carbocycles. The third-order valence-corrected chi connectivity index (χ3v) is 3.45. The molecule has 82 valence electrons. The Morgan fingerprint density at radius 2 is 2.06 bits per heavy atom. The Hall–Kier alpha value is -1.19. The zero-order valence-electron chi connectivity index (χ0n) is 8.46. The van der Waals surface area contributed by atoms with Gasteiger partial charge in [-0.25, -0.2) is 4.39 Å². The first-order chi connectivity index (χ1) is 7.58. The van der Waals surface area contributed by atoms with Crippen molar-refractivity contribution < 1.29 is 9.18 Å². The van der Waals surface area contributed by atoms with E-state index in [2.05, 4.69) is 0 Å². The van der Waals surface area contributed by atoms with E-state index in [0.717, 1.165) is 4.88 Å². The molecule has 16 heavy (non-hydrogen) atoms. The minimum Gasteiger partial charge on any atom is -0.288 e. The Kier molecular flexibility index (Phi) is 3.08. The fraction of sp³-hybridized carbons (Fsp3) is 0.0833. The molecule has 2 rings (SSSR count). The van der Waals surface area contributed by atoms with Gasteiger partial charge in [-0.05, 0) is 37.3 Å². The number of hydrogen-bond acceptors (Lipinski definition) is 2. The van der Waals surface area contributed by atoms with Gasteiger partial charge in [0.1, 0.15) is 5.82 Å². The van der Waals surface area contributed by atoms with Crippen molar-refractivity contribution in [3.05, 3.63) is 56.5 Å². The Balaban J connectivity index is 2.38. The quantitative estimate of drug-likeness (QED) is 0.738. The minimum atomic E-state index is -0.569. The van der Waals surface area contributed by atoms with Gasteiger partial charge in [0.15, 0.2) is 0 Å². The average molecular weight is 255 g/mol. The van der Waals surface area contributed by atoms with E-state index in [1.807, 2.05) is 13.0 Å². The van der Waals surface area contributed by atoms with Crippen LogP contribution in [0.25, 0.3) is 0 Å². The Labute approximate surface area is 101 Å². The summed E-state index contributed by atoms with van der Waals surface area (Å²) < 4.78 is 13.2. The smallest absolute Gasteiger partial charge is 0.203 e. The number of thiophene rings is 1. The van der Waals surface area contributed by atoms with Crippen LogP contribution in [0.4, 0.5) is 4.39 Å². The van der Waals surface area contributed by atoms with Gasteiger partial charge in [0.25, 0.3) is 0 Å². The molecule has 0 bridgehead atoms. The van der Waals surface area contributed by atoms with Crippen LogP contribution in [0.5, 0.6) is 0 Å². The van der Waals surface area contributed by atoms with Gasteiger partial charge >= 0.3 is 0 Å². The molecular formula is C12H8ClFOS. The Morgan fingerprint density at radius 3 is 2.62 bits per heavy atom. The zero-order chi connectivity index (χ0) is 11.7. The van der Waals surface area contributed by atoms with Crippen LogP contribution in [0.15, 0.2) is 30.3 Å². The van der Waals surface area contributed by atoms with Gasteiger partial charge in [-0.2, -0.15) is 0 Å². The van der Waals surface area contributed by atoms with Crippen molar-refractivity contribution in [3.63, 3.8) is 0 Å². The van der Waals surface area contributed by atoms with Crippen LogP contribution in [0, 0.1) is 12.7 Å². The largest absolute Gasteiger partial charge is 0.288 e. The van der Waals surface area contributed by atoms with Crippen LogP contribution in [0.3, 0.4) is 0 Å². The molecule has 4 heteroatoms. The highest BCUT2D eigenvalue weighted by molar-refractivity contribution is 7.14. The molecule has 1 aromatic heterocycles. The third-order valence-electron chi connectivity index (χ3n) is 2.15. The van der Waals surface area contributed by atoms with E-state index < -0.39 is 5.82 Å². The first kappa shape index (κ1) is 11.3. The lowest BCUT2D eigenvalue weighted by Gasteiger charge is -1.99. The lowest BCUT2D eigenvalue weighted by molar-refractivity contribution is 0.104. The third kappa shape index (κ3) is 2.15. The van der Waals surface area contributed by atoms with Crippen molar-refractivity contribution in [2.24, 2.45) is 0 Å². The Bertz CT molecular complexity index is 548. The molecule has 0 saturated carbocycles. The molecule has 1 aromatic carbocycles. The number of carbonyl (C=O) groups excluding carboxylic acids is 1. The number of halogens is 2. The van der Waals surface area contributed by atoms with E-state index >= 15 is 0 Å². The fourth-order valence-corrected chi connectivity index (χ4v) is 2.28. The highest BCUT2D eigenvalue weighted by Crippen LogP contribution is 2.21. The van der Waals surface area contributed by atoms with Crippen LogP contribution in [-0.4, -0.2) is 5.78 Å². The summed E-state index contributed by atoms with van der Waals surface area (Å²) in [4.78, 5) is 13.6. The lowest BCUT2D eigenvalue weighted by atomic mass is 10.1. The number of ketones is 1. The van der Waals surface area contributed by atoms with E-state index in [1.165, 1.54) is 29.5 Å². The second-order valence-electron chi connectivity index (χ2n) is 3.37. The molecule has 0 atom stereocenters. The maximum Gasteiger partial charge on any atom is 0.203 e. The Morgan fingerprint density at radius 1 is 1.31 bits per heavy atom. The summed E-state index contributed by atoms with van der Waals surface area (Å²) in [6, 6.07) is 7.70. The van der Waals surface area contributed by atoms with E-state index in [0.29, 0.717) is 10.4 Å². The summed E-state index contributed by atoms with van der Waals surface area (Å²) in [5.74, 6) is -0.741. The molecule has 0 spiro atoms. The summed E-state index contributed by atoms with van der Waals surface area (Å²) >= 11 is 6.95. The summed E-state index contributed by atoms with van der Waals surface area (Å²) in [5, 5.41) is 0.0268. The molecular weight excluding hydrogens is 247 g/mol. The van der Waals surface area contributed by atoms with E-state index in [1.54, 1.807) is 6.07 Å². The summed E-state index contributed by atoms with van der Waals surface area (Å²) in [6.45, 7) is 1.92. The number of benzene rings is 1. The zero-order valence-corrected chi connectivity index (χ0v) is 10.0. The number of rotatable bonds is 2. The highest BCUT2D eigenvalue weighted by Gasteiger charge is 2.12. The van der Waals surface area contributed by atoms with Crippen molar-refractivity contribution in [1.29, 1.82) is 0 Å². The van der Waals surface area contributed by atoms with E-state index in [4.69, 9.17) is 11.6 Å². The van der Waals surface area contributed by atoms with Gasteiger partial charge in [0.05, 0.1) is 9.90 Å². The predicted octanol–water partition coefficient (Wildman–Crippen LogP) is 4.08. The molecule has 1 nitrogen and oxygen atoms in total. The molecule has 1 heterocycles. The maximum absolute atomic E-state index is 13.2. The summed E-state index contributed by atoms with van der Waals surface area (Å²) in [6.07, 6.45) is 0. The first-order valence-corrected chi connectivity index (χ1v) is 5.83. The average Bonchev–Trinajstić information content (AvgIpc) is 2.68. The van der Waals surface area contributed by atoms with Crippen LogP contribution < -0.4 is 0 Å². The molecule has 0 radical (unpaired) electrons. The monoisotopic (exact) mass is 254 g/mol. The van der Waals surface area contributed by atoms with Crippen LogP contribution >= 0.6 is 22.9 Å². The molecule has 2 aromatic rings. The van der Waals surface area contributed by atoms with Gasteiger partial charge in [0, 0.05) is 10.4 Å². The number of carbonyl (C=O) groups is 1. The van der Waals surface area contributed by atoms with Crippen molar-refractivity contribution in [1.82, 2.24) is 0 Å².